The van der Waals surface area contributed by atoms with Crippen molar-refractivity contribution in [1.29, 1.82) is 0 Å². The summed E-state index contributed by atoms with van der Waals surface area (Å²) in [5.74, 6) is 0.166. The van der Waals surface area contributed by atoms with Crippen LogP contribution in [0.2, 0.25) is 10.0 Å². The molecule has 0 aromatic heterocycles. The highest BCUT2D eigenvalue weighted by Crippen LogP contribution is 2.28. The van der Waals surface area contributed by atoms with Gasteiger partial charge < -0.3 is 5.11 Å². The first-order chi connectivity index (χ1) is 8.88. The molecular weight excluding hydrogens is 309 g/mol. The molecule has 0 saturated heterocycles. The molecule has 108 valence electrons. The molecule has 0 aliphatic heterocycles. The van der Waals surface area contributed by atoms with Crippen molar-refractivity contribution < 1.29 is 13.5 Å². The van der Waals surface area contributed by atoms with Crippen LogP contribution in [0.4, 0.5) is 0 Å². The number of aliphatic hydroxyl groups excluding tert-OH is 1. The van der Waals surface area contributed by atoms with Crippen LogP contribution >= 0.6 is 23.2 Å². The number of sulfonamides is 1. The number of halogens is 2. The molecule has 7 heteroatoms. The minimum atomic E-state index is -3.65. The molecule has 0 saturated carbocycles. The van der Waals surface area contributed by atoms with Gasteiger partial charge in [-0.25, -0.2) is 13.1 Å². The van der Waals surface area contributed by atoms with E-state index in [1.54, 1.807) is 0 Å². The number of nitrogens with one attached hydrogen (secondary N) is 1. The van der Waals surface area contributed by atoms with Crippen molar-refractivity contribution in [3.8, 4) is 0 Å². The first-order valence-electron chi connectivity index (χ1n) is 5.93. The summed E-state index contributed by atoms with van der Waals surface area (Å²) in [7, 11) is -3.65. The van der Waals surface area contributed by atoms with Crippen LogP contribution in [0.5, 0.6) is 0 Å². The van der Waals surface area contributed by atoms with Gasteiger partial charge in [0.05, 0.1) is 10.0 Å². The Bertz CT molecular complexity index is 520. The van der Waals surface area contributed by atoms with Gasteiger partial charge in [0.1, 0.15) is 4.90 Å². The number of benzene rings is 1. The molecule has 4 nitrogen and oxygen atoms in total. The second kappa shape index (κ2) is 7.45. The zero-order valence-electron chi connectivity index (χ0n) is 10.6. The first kappa shape index (κ1) is 16.7. The summed E-state index contributed by atoms with van der Waals surface area (Å²) >= 11 is 11.7. The Labute approximate surface area is 123 Å². The minimum absolute atomic E-state index is 0.0168. The van der Waals surface area contributed by atoms with Crippen LogP contribution in [0, 0.1) is 5.92 Å². The van der Waals surface area contributed by atoms with E-state index in [1.165, 1.54) is 18.2 Å². The Morgan fingerprint density at radius 1 is 1.37 bits per heavy atom. The second-order valence-electron chi connectivity index (χ2n) is 4.38. The first-order valence-corrected chi connectivity index (χ1v) is 8.17. The third-order valence-electron chi connectivity index (χ3n) is 2.68. The lowest BCUT2D eigenvalue weighted by Gasteiger charge is -2.10. The van der Waals surface area contributed by atoms with Gasteiger partial charge in [0, 0.05) is 13.2 Å². The Morgan fingerprint density at radius 3 is 2.68 bits per heavy atom. The van der Waals surface area contributed by atoms with Crippen molar-refractivity contribution in [3.63, 3.8) is 0 Å². The summed E-state index contributed by atoms with van der Waals surface area (Å²) in [6, 6.07) is 4.48. The topological polar surface area (TPSA) is 66.4 Å². The van der Waals surface area contributed by atoms with Crippen molar-refractivity contribution in [1.82, 2.24) is 4.72 Å². The predicted molar refractivity (Wildman–Crippen MR) is 77.1 cm³/mol. The van der Waals surface area contributed by atoms with E-state index in [1.807, 2.05) is 6.92 Å². The summed E-state index contributed by atoms with van der Waals surface area (Å²) in [5, 5.41) is 9.10. The average molecular weight is 326 g/mol. The Kier molecular flexibility index (Phi) is 6.56. The zero-order valence-corrected chi connectivity index (χ0v) is 12.9. The Hall–Kier alpha value is -0.330. The smallest absolute Gasteiger partial charge is 0.242 e. The van der Waals surface area contributed by atoms with E-state index in [2.05, 4.69) is 4.72 Å². The molecule has 0 spiro atoms. The molecule has 0 bridgehead atoms. The van der Waals surface area contributed by atoms with Crippen LogP contribution in [-0.4, -0.2) is 26.7 Å². The highest BCUT2D eigenvalue weighted by Gasteiger charge is 2.18. The Balaban J connectivity index is 2.64. The van der Waals surface area contributed by atoms with E-state index >= 15 is 0 Å². The summed E-state index contributed by atoms with van der Waals surface area (Å²) in [6.07, 6.45) is 1.40. The molecule has 19 heavy (non-hydrogen) atoms. The maximum Gasteiger partial charge on any atom is 0.242 e. The van der Waals surface area contributed by atoms with Gasteiger partial charge in [-0.15, -0.1) is 0 Å². The number of rotatable bonds is 7. The van der Waals surface area contributed by atoms with Crippen LogP contribution in [0.25, 0.3) is 0 Å². The highest BCUT2D eigenvalue weighted by molar-refractivity contribution is 7.89. The van der Waals surface area contributed by atoms with Gasteiger partial charge >= 0.3 is 0 Å². The average Bonchev–Trinajstić information content (AvgIpc) is 2.37. The van der Waals surface area contributed by atoms with E-state index in [-0.39, 0.29) is 27.5 Å². The molecule has 0 heterocycles. The quantitative estimate of drug-likeness (QED) is 0.757. The second-order valence-corrected chi connectivity index (χ2v) is 6.90. The van der Waals surface area contributed by atoms with Crippen molar-refractivity contribution in [3.05, 3.63) is 28.2 Å². The summed E-state index contributed by atoms with van der Waals surface area (Å²) < 4.78 is 26.5. The van der Waals surface area contributed by atoms with E-state index in [9.17, 15) is 8.42 Å². The molecule has 0 amide bonds. The van der Waals surface area contributed by atoms with Gasteiger partial charge in [0.25, 0.3) is 0 Å². The summed E-state index contributed by atoms with van der Waals surface area (Å²) in [6.45, 7) is 2.31. The highest BCUT2D eigenvalue weighted by atomic mass is 35.5. The van der Waals surface area contributed by atoms with Gasteiger partial charge in [-0.2, -0.15) is 0 Å². The van der Waals surface area contributed by atoms with Crippen molar-refractivity contribution in [2.24, 2.45) is 5.92 Å². The fourth-order valence-corrected chi connectivity index (χ4v) is 3.35. The monoisotopic (exact) mass is 325 g/mol. The molecule has 1 unspecified atom stereocenters. The van der Waals surface area contributed by atoms with Gasteiger partial charge in [-0.3, -0.25) is 0 Å². The molecule has 1 aromatic rings. The predicted octanol–water partition coefficient (Wildman–Crippen LogP) is 2.68. The standard InChI is InChI=1S/C12H17Cl2NO3S/c1-9(8-16)4-3-7-15-19(17,18)11-6-2-5-10(13)12(11)14/h2,5-6,9,15-16H,3-4,7-8H2,1H3. The fraction of sp³-hybridized carbons (Fsp3) is 0.500. The number of hydrogen-bond donors (Lipinski definition) is 2. The van der Waals surface area contributed by atoms with Gasteiger partial charge in [0.2, 0.25) is 10.0 Å². The molecule has 0 fully saturated rings. The van der Waals surface area contributed by atoms with Crippen molar-refractivity contribution in [2.45, 2.75) is 24.7 Å². The van der Waals surface area contributed by atoms with Gasteiger partial charge in [-0.05, 0) is 30.9 Å². The third kappa shape index (κ3) is 4.93. The van der Waals surface area contributed by atoms with Crippen LogP contribution in [0.1, 0.15) is 19.8 Å². The lowest BCUT2D eigenvalue weighted by molar-refractivity contribution is 0.228. The third-order valence-corrected chi connectivity index (χ3v) is 5.12. The van der Waals surface area contributed by atoms with Gasteiger partial charge in [0.15, 0.2) is 0 Å². The van der Waals surface area contributed by atoms with Crippen LogP contribution in [0.15, 0.2) is 23.1 Å². The lowest BCUT2D eigenvalue weighted by atomic mass is 10.1. The maximum absolute atomic E-state index is 12.0. The molecule has 1 aromatic carbocycles. The molecule has 0 aliphatic rings. The van der Waals surface area contributed by atoms with E-state index in [0.717, 1.165) is 6.42 Å². The van der Waals surface area contributed by atoms with E-state index in [0.29, 0.717) is 13.0 Å². The van der Waals surface area contributed by atoms with E-state index in [4.69, 9.17) is 28.3 Å². The zero-order chi connectivity index (χ0) is 14.5. The molecule has 0 aliphatic carbocycles. The van der Waals surface area contributed by atoms with Crippen LogP contribution in [-0.2, 0) is 10.0 Å². The molecular formula is C12H17Cl2NO3S. The summed E-state index contributed by atoms with van der Waals surface area (Å²) in [4.78, 5) is -0.0168. The number of hydrogen-bond acceptors (Lipinski definition) is 3. The van der Waals surface area contributed by atoms with Gasteiger partial charge in [-0.1, -0.05) is 36.2 Å². The summed E-state index contributed by atoms with van der Waals surface area (Å²) in [5.41, 5.74) is 0. The minimum Gasteiger partial charge on any atom is -0.396 e. The lowest BCUT2D eigenvalue weighted by Crippen LogP contribution is -2.25. The van der Waals surface area contributed by atoms with Crippen LogP contribution < -0.4 is 4.72 Å². The molecule has 2 N–H and O–H groups in total. The van der Waals surface area contributed by atoms with Crippen molar-refractivity contribution in [2.75, 3.05) is 13.2 Å². The maximum atomic E-state index is 12.0. The van der Waals surface area contributed by atoms with E-state index < -0.39 is 10.0 Å². The molecule has 1 atom stereocenters. The normalized spacial score (nSPS) is 13.5. The molecule has 0 radical (unpaired) electrons. The van der Waals surface area contributed by atoms with Crippen molar-refractivity contribution >= 4 is 33.2 Å². The van der Waals surface area contributed by atoms with Crippen LogP contribution in [0.3, 0.4) is 0 Å². The largest absolute Gasteiger partial charge is 0.396 e. The molecule has 1 rings (SSSR count). The fourth-order valence-electron chi connectivity index (χ4n) is 1.52. The number of aliphatic hydroxyl groups is 1. The SMILES string of the molecule is CC(CO)CCCNS(=O)(=O)c1cccc(Cl)c1Cl. The Morgan fingerprint density at radius 2 is 2.05 bits per heavy atom.